The van der Waals surface area contributed by atoms with Gasteiger partial charge in [0.1, 0.15) is 5.82 Å². The Kier molecular flexibility index (Phi) is 5.28. The number of rotatable bonds is 6. The number of hydrogen-bond acceptors (Lipinski definition) is 3. The Morgan fingerprint density at radius 3 is 2.67 bits per heavy atom. The summed E-state index contributed by atoms with van der Waals surface area (Å²) in [4.78, 5) is 12.1. The molecule has 0 saturated heterocycles. The lowest BCUT2D eigenvalue weighted by Crippen LogP contribution is -2.36. The quantitative estimate of drug-likeness (QED) is 0.792. The van der Waals surface area contributed by atoms with Crippen LogP contribution in [-0.2, 0) is 14.9 Å². The molecule has 0 heterocycles. The molecule has 1 aromatic carbocycles. The van der Waals surface area contributed by atoms with E-state index in [9.17, 15) is 9.18 Å². The molecule has 0 fully saturated rings. The fourth-order valence-corrected chi connectivity index (χ4v) is 2.00. The second-order valence-electron chi connectivity index (χ2n) is 4.42. The van der Waals surface area contributed by atoms with Crippen molar-refractivity contribution in [3.63, 3.8) is 0 Å². The van der Waals surface area contributed by atoms with Crippen molar-refractivity contribution in [3.05, 3.63) is 35.6 Å². The minimum atomic E-state index is -0.972. The van der Waals surface area contributed by atoms with Crippen molar-refractivity contribution in [1.29, 1.82) is 0 Å². The topological polar surface area (TPSA) is 52.3 Å². The molecule has 0 saturated carbocycles. The van der Waals surface area contributed by atoms with Crippen molar-refractivity contribution < 1.29 is 13.9 Å². The minimum absolute atomic E-state index is 0.283. The van der Waals surface area contributed by atoms with E-state index in [0.717, 1.165) is 0 Å². The molecule has 0 spiro atoms. The van der Waals surface area contributed by atoms with Crippen molar-refractivity contribution in [2.75, 3.05) is 13.2 Å². The highest BCUT2D eigenvalue weighted by Crippen LogP contribution is 2.32. The smallest absolute Gasteiger partial charge is 0.316 e. The van der Waals surface area contributed by atoms with Gasteiger partial charge in [-0.25, -0.2) is 4.39 Å². The van der Waals surface area contributed by atoms with E-state index in [-0.39, 0.29) is 12.4 Å². The number of esters is 1. The molecule has 4 heteroatoms. The molecule has 0 aliphatic rings. The van der Waals surface area contributed by atoms with Crippen LogP contribution >= 0.6 is 0 Å². The maximum Gasteiger partial charge on any atom is 0.316 e. The second-order valence-corrected chi connectivity index (χ2v) is 4.42. The maximum absolute atomic E-state index is 13.9. The van der Waals surface area contributed by atoms with Crippen LogP contribution in [0.4, 0.5) is 4.39 Å². The van der Waals surface area contributed by atoms with Crippen molar-refractivity contribution >= 4 is 5.97 Å². The Hall–Kier alpha value is -1.42. The van der Waals surface area contributed by atoms with Gasteiger partial charge >= 0.3 is 5.97 Å². The summed E-state index contributed by atoms with van der Waals surface area (Å²) in [6.45, 7) is 4.19. The summed E-state index contributed by atoms with van der Waals surface area (Å²) in [7, 11) is 0. The van der Waals surface area contributed by atoms with E-state index in [0.29, 0.717) is 24.9 Å². The van der Waals surface area contributed by atoms with Crippen molar-refractivity contribution in [2.24, 2.45) is 5.73 Å². The van der Waals surface area contributed by atoms with Crippen LogP contribution < -0.4 is 5.73 Å². The third-order valence-corrected chi connectivity index (χ3v) is 3.08. The molecule has 0 radical (unpaired) electrons. The van der Waals surface area contributed by atoms with E-state index < -0.39 is 11.4 Å². The Labute approximate surface area is 107 Å². The fourth-order valence-electron chi connectivity index (χ4n) is 2.00. The molecule has 2 N–H and O–H groups in total. The highest BCUT2D eigenvalue weighted by Gasteiger charge is 2.38. The van der Waals surface area contributed by atoms with E-state index in [1.165, 1.54) is 6.07 Å². The first-order valence-electron chi connectivity index (χ1n) is 6.18. The first-order chi connectivity index (χ1) is 8.56. The van der Waals surface area contributed by atoms with Crippen LogP contribution in [0.15, 0.2) is 24.3 Å². The standard InChI is InChI=1S/C14H20FNO2/c1-3-18-13(17)14(2,9-6-10-16)11-7-4-5-8-12(11)15/h4-5,7-8H,3,6,9-10,16H2,1-2H3. The number of halogens is 1. The molecular weight excluding hydrogens is 233 g/mol. The molecule has 0 aliphatic carbocycles. The van der Waals surface area contributed by atoms with Gasteiger partial charge < -0.3 is 10.5 Å². The maximum atomic E-state index is 13.9. The lowest BCUT2D eigenvalue weighted by atomic mass is 9.78. The van der Waals surface area contributed by atoms with E-state index in [2.05, 4.69) is 0 Å². The molecule has 0 bridgehead atoms. The van der Waals surface area contributed by atoms with Gasteiger partial charge in [0.15, 0.2) is 0 Å². The summed E-state index contributed by atoms with van der Waals surface area (Å²) < 4.78 is 18.9. The number of ether oxygens (including phenoxy) is 1. The van der Waals surface area contributed by atoms with Crippen LogP contribution in [0.1, 0.15) is 32.3 Å². The van der Waals surface area contributed by atoms with Crippen LogP contribution in [-0.4, -0.2) is 19.1 Å². The number of nitrogens with two attached hydrogens (primary N) is 1. The fraction of sp³-hybridized carbons (Fsp3) is 0.500. The van der Waals surface area contributed by atoms with Crippen LogP contribution in [0.5, 0.6) is 0 Å². The molecule has 0 aliphatic heterocycles. The zero-order valence-electron chi connectivity index (χ0n) is 10.9. The minimum Gasteiger partial charge on any atom is -0.465 e. The van der Waals surface area contributed by atoms with E-state index in [1.54, 1.807) is 32.0 Å². The molecule has 3 nitrogen and oxygen atoms in total. The summed E-state index contributed by atoms with van der Waals surface area (Å²) in [6.07, 6.45) is 1.12. The number of benzene rings is 1. The Bertz CT molecular complexity index is 409. The van der Waals surface area contributed by atoms with Crippen LogP contribution in [0.25, 0.3) is 0 Å². The van der Waals surface area contributed by atoms with Gasteiger partial charge in [0.25, 0.3) is 0 Å². The molecular formula is C14H20FNO2. The van der Waals surface area contributed by atoms with Crippen LogP contribution in [0.3, 0.4) is 0 Å². The van der Waals surface area contributed by atoms with Crippen LogP contribution in [0.2, 0.25) is 0 Å². The molecule has 18 heavy (non-hydrogen) atoms. The molecule has 0 amide bonds. The van der Waals surface area contributed by atoms with Gasteiger partial charge in [0.05, 0.1) is 12.0 Å². The average molecular weight is 253 g/mol. The molecule has 1 aromatic rings. The Morgan fingerprint density at radius 1 is 1.44 bits per heavy atom. The monoisotopic (exact) mass is 253 g/mol. The van der Waals surface area contributed by atoms with E-state index in [1.807, 2.05) is 0 Å². The first-order valence-corrected chi connectivity index (χ1v) is 6.18. The van der Waals surface area contributed by atoms with Gasteiger partial charge in [-0.05, 0) is 39.3 Å². The second kappa shape index (κ2) is 6.50. The molecule has 100 valence electrons. The predicted molar refractivity (Wildman–Crippen MR) is 68.7 cm³/mol. The molecule has 1 rings (SSSR count). The summed E-state index contributed by atoms with van der Waals surface area (Å²) >= 11 is 0. The Balaban J connectivity index is 3.11. The zero-order chi connectivity index (χ0) is 13.6. The van der Waals surface area contributed by atoms with Gasteiger partial charge in [0.2, 0.25) is 0 Å². The predicted octanol–water partition coefficient (Wildman–Crippen LogP) is 2.39. The lowest BCUT2D eigenvalue weighted by molar-refractivity contribution is -0.150. The number of carbonyl (C=O) groups is 1. The number of carbonyl (C=O) groups excluding carboxylic acids is 1. The summed E-state index contributed by atoms with van der Waals surface area (Å²) in [5, 5.41) is 0. The molecule has 0 aromatic heterocycles. The third kappa shape index (κ3) is 3.07. The molecule has 1 unspecified atom stereocenters. The van der Waals surface area contributed by atoms with Gasteiger partial charge in [-0.2, -0.15) is 0 Å². The highest BCUT2D eigenvalue weighted by molar-refractivity contribution is 5.82. The SMILES string of the molecule is CCOC(=O)C(C)(CCCN)c1ccccc1F. The average Bonchev–Trinajstić information content (AvgIpc) is 2.36. The largest absolute Gasteiger partial charge is 0.465 e. The van der Waals surface area contributed by atoms with Crippen molar-refractivity contribution in [2.45, 2.75) is 32.1 Å². The van der Waals surface area contributed by atoms with Crippen molar-refractivity contribution in [1.82, 2.24) is 0 Å². The van der Waals surface area contributed by atoms with Gasteiger partial charge in [-0.3, -0.25) is 4.79 Å². The van der Waals surface area contributed by atoms with Gasteiger partial charge in [-0.15, -0.1) is 0 Å². The number of hydrogen-bond donors (Lipinski definition) is 1. The first kappa shape index (κ1) is 14.6. The normalized spacial score (nSPS) is 14.0. The van der Waals surface area contributed by atoms with Crippen molar-refractivity contribution in [3.8, 4) is 0 Å². The Morgan fingerprint density at radius 2 is 2.11 bits per heavy atom. The van der Waals surface area contributed by atoms with Gasteiger partial charge in [0, 0.05) is 5.56 Å². The third-order valence-electron chi connectivity index (χ3n) is 3.08. The van der Waals surface area contributed by atoms with E-state index in [4.69, 9.17) is 10.5 Å². The summed E-state index contributed by atoms with van der Waals surface area (Å²) in [5.74, 6) is -0.784. The molecule has 1 atom stereocenters. The zero-order valence-corrected chi connectivity index (χ0v) is 10.9. The van der Waals surface area contributed by atoms with Gasteiger partial charge in [-0.1, -0.05) is 18.2 Å². The van der Waals surface area contributed by atoms with E-state index >= 15 is 0 Å². The van der Waals surface area contributed by atoms with Crippen LogP contribution in [0, 0.1) is 5.82 Å². The summed E-state index contributed by atoms with van der Waals surface area (Å²) in [6, 6.07) is 6.31. The lowest BCUT2D eigenvalue weighted by Gasteiger charge is -2.28. The highest BCUT2D eigenvalue weighted by atomic mass is 19.1. The summed E-state index contributed by atoms with van der Waals surface area (Å²) in [5.41, 5.74) is 4.88.